The summed E-state index contributed by atoms with van der Waals surface area (Å²) in [7, 11) is 0. The van der Waals surface area contributed by atoms with Gasteiger partial charge in [-0.3, -0.25) is 4.79 Å². The number of nitrogens with zero attached hydrogens (tertiary/aromatic N) is 1. The van der Waals surface area contributed by atoms with Crippen molar-refractivity contribution >= 4 is 17.3 Å². The molecule has 4 nitrogen and oxygen atoms in total. The molecule has 0 radical (unpaired) electrons. The highest BCUT2D eigenvalue weighted by Gasteiger charge is 2.04. The quantitative estimate of drug-likeness (QED) is 0.905. The molecule has 106 valence electrons. The summed E-state index contributed by atoms with van der Waals surface area (Å²) in [4.78, 5) is 10.9. The number of benzene rings is 2. The Morgan fingerprint density at radius 2 is 1.86 bits per heavy atom. The molecule has 0 aromatic heterocycles. The maximum Gasteiger partial charge on any atom is 0.221 e. The molecule has 0 heterocycles. The fourth-order valence-electron chi connectivity index (χ4n) is 1.85. The molecular formula is C16H14FN3O. The molecule has 1 amide bonds. The van der Waals surface area contributed by atoms with Crippen molar-refractivity contribution in [3.05, 3.63) is 59.4 Å². The molecule has 2 rings (SSSR count). The second kappa shape index (κ2) is 6.53. The van der Waals surface area contributed by atoms with Crippen molar-refractivity contribution in [3.63, 3.8) is 0 Å². The van der Waals surface area contributed by atoms with Gasteiger partial charge in [-0.05, 0) is 42.5 Å². The van der Waals surface area contributed by atoms with Crippen molar-refractivity contribution in [2.24, 2.45) is 0 Å². The molecular weight excluding hydrogens is 269 g/mol. The van der Waals surface area contributed by atoms with E-state index >= 15 is 0 Å². The minimum atomic E-state index is -0.351. The zero-order valence-electron chi connectivity index (χ0n) is 11.5. The van der Waals surface area contributed by atoms with Crippen LogP contribution in [0.15, 0.2) is 42.5 Å². The van der Waals surface area contributed by atoms with Crippen molar-refractivity contribution in [1.29, 1.82) is 5.26 Å². The van der Waals surface area contributed by atoms with Gasteiger partial charge in [0.25, 0.3) is 0 Å². The van der Waals surface area contributed by atoms with Gasteiger partial charge in [0.2, 0.25) is 5.91 Å². The lowest BCUT2D eigenvalue weighted by atomic mass is 10.1. The summed E-state index contributed by atoms with van der Waals surface area (Å²) in [5, 5.41) is 14.6. The average Bonchev–Trinajstić information content (AvgIpc) is 2.47. The third-order valence-electron chi connectivity index (χ3n) is 2.86. The van der Waals surface area contributed by atoms with E-state index in [9.17, 15) is 9.18 Å². The highest BCUT2D eigenvalue weighted by molar-refractivity contribution is 5.88. The predicted molar refractivity (Wildman–Crippen MR) is 79.2 cm³/mol. The fraction of sp³-hybridized carbons (Fsp3) is 0.125. The first-order chi connectivity index (χ1) is 10.1. The summed E-state index contributed by atoms with van der Waals surface area (Å²) < 4.78 is 13.6. The number of carbonyl (C=O) groups excluding carboxylic acids is 1. The van der Waals surface area contributed by atoms with Crippen LogP contribution in [-0.2, 0) is 11.3 Å². The molecule has 2 aromatic rings. The highest BCUT2D eigenvalue weighted by atomic mass is 19.1. The van der Waals surface area contributed by atoms with Crippen molar-refractivity contribution in [3.8, 4) is 6.07 Å². The molecule has 0 unspecified atom stereocenters. The van der Waals surface area contributed by atoms with E-state index in [-0.39, 0.29) is 18.3 Å². The predicted octanol–water partition coefficient (Wildman–Crippen LogP) is 3.27. The lowest BCUT2D eigenvalue weighted by Crippen LogP contribution is -2.06. The molecule has 2 aromatic carbocycles. The van der Waals surface area contributed by atoms with Gasteiger partial charge < -0.3 is 10.6 Å². The largest absolute Gasteiger partial charge is 0.381 e. The molecule has 2 N–H and O–H groups in total. The van der Waals surface area contributed by atoms with Crippen LogP contribution in [0.25, 0.3) is 0 Å². The minimum absolute atomic E-state index is 0.133. The third-order valence-corrected chi connectivity index (χ3v) is 2.86. The molecule has 0 saturated heterocycles. The summed E-state index contributed by atoms with van der Waals surface area (Å²) in [6, 6.07) is 13.3. The molecule has 0 aliphatic rings. The van der Waals surface area contributed by atoms with Crippen LogP contribution in [-0.4, -0.2) is 5.91 Å². The van der Waals surface area contributed by atoms with Crippen molar-refractivity contribution < 1.29 is 9.18 Å². The van der Waals surface area contributed by atoms with Crippen LogP contribution >= 0.6 is 0 Å². The highest BCUT2D eigenvalue weighted by Crippen LogP contribution is 2.16. The smallest absolute Gasteiger partial charge is 0.221 e. The van der Waals surface area contributed by atoms with Gasteiger partial charge in [-0.1, -0.05) is 0 Å². The molecule has 0 aliphatic heterocycles. The van der Waals surface area contributed by atoms with Gasteiger partial charge in [-0.15, -0.1) is 0 Å². The van der Waals surface area contributed by atoms with E-state index in [0.29, 0.717) is 16.8 Å². The van der Waals surface area contributed by atoms with E-state index in [4.69, 9.17) is 5.26 Å². The van der Waals surface area contributed by atoms with Crippen LogP contribution in [0.2, 0.25) is 0 Å². The van der Waals surface area contributed by atoms with Crippen LogP contribution in [0.5, 0.6) is 0 Å². The summed E-state index contributed by atoms with van der Waals surface area (Å²) in [5.74, 6) is -0.484. The summed E-state index contributed by atoms with van der Waals surface area (Å²) in [6.07, 6.45) is 0. The maximum absolute atomic E-state index is 13.6. The summed E-state index contributed by atoms with van der Waals surface area (Å²) >= 11 is 0. The van der Waals surface area contributed by atoms with Gasteiger partial charge in [0.15, 0.2) is 0 Å². The Kier molecular flexibility index (Phi) is 4.52. The molecule has 0 atom stereocenters. The Balaban J connectivity index is 2.03. The monoisotopic (exact) mass is 283 g/mol. The van der Waals surface area contributed by atoms with Crippen molar-refractivity contribution in [2.75, 3.05) is 10.6 Å². The van der Waals surface area contributed by atoms with Gasteiger partial charge >= 0.3 is 0 Å². The Bertz CT molecular complexity index is 690. The van der Waals surface area contributed by atoms with Gasteiger partial charge in [-0.2, -0.15) is 5.26 Å². The SMILES string of the molecule is CC(=O)Nc1ccc(NCc2cc(C#N)ccc2F)cc1. The van der Waals surface area contributed by atoms with E-state index in [2.05, 4.69) is 10.6 Å². The third kappa shape index (κ3) is 4.05. The number of halogens is 1. The van der Waals surface area contributed by atoms with E-state index in [0.717, 1.165) is 5.69 Å². The Morgan fingerprint density at radius 3 is 2.48 bits per heavy atom. The topological polar surface area (TPSA) is 64.9 Å². The number of carbonyl (C=O) groups is 1. The first kappa shape index (κ1) is 14.5. The molecule has 0 saturated carbocycles. The van der Waals surface area contributed by atoms with E-state index in [1.165, 1.54) is 25.1 Å². The van der Waals surface area contributed by atoms with Crippen LogP contribution in [0.4, 0.5) is 15.8 Å². The van der Waals surface area contributed by atoms with Crippen LogP contribution < -0.4 is 10.6 Å². The Morgan fingerprint density at radius 1 is 1.19 bits per heavy atom. The molecule has 0 bridgehead atoms. The summed E-state index contributed by atoms with van der Waals surface area (Å²) in [6.45, 7) is 1.72. The average molecular weight is 283 g/mol. The number of nitriles is 1. The zero-order chi connectivity index (χ0) is 15.2. The lowest BCUT2D eigenvalue weighted by molar-refractivity contribution is -0.114. The minimum Gasteiger partial charge on any atom is -0.381 e. The normalized spacial score (nSPS) is 9.76. The number of anilines is 2. The first-order valence-corrected chi connectivity index (χ1v) is 6.38. The first-order valence-electron chi connectivity index (χ1n) is 6.38. The van der Waals surface area contributed by atoms with E-state index < -0.39 is 0 Å². The lowest BCUT2D eigenvalue weighted by Gasteiger charge is -2.09. The zero-order valence-corrected chi connectivity index (χ0v) is 11.5. The number of hydrogen-bond donors (Lipinski definition) is 2. The van der Waals surface area contributed by atoms with Crippen molar-refractivity contribution in [2.45, 2.75) is 13.5 Å². The molecule has 0 spiro atoms. The Labute approximate surface area is 122 Å². The number of hydrogen-bond acceptors (Lipinski definition) is 3. The Hall–Kier alpha value is -2.87. The van der Waals surface area contributed by atoms with Gasteiger partial charge in [-0.25, -0.2) is 4.39 Å². The molecule has 5 heteroatoms. The molecule has 0 aliphatic carbocycles. The van der Waals surface area contributed by atoms with Crippen LogP contribution in [0.3, 0.4) is 0 Å². The number of amides is 1. The number of nitrogens with one attached hydrogen (secondary N) is 2. The summed E-state index contributed by atoms with van der Waals surface area (Å²) in [5.41, 5.74) is 2.35. The van der Waals surface area contributed by atoms with Gasteiger partial charge in [0.05, 0.1) is 11.6 Å². The van der Waals surface area contributed by atoms with E-state index in [1.54, 1.807) is 24.3 Å². The van der Waals surface area contributed by atoms with Gasteiger partial charge in [0.1, 0.15) is 5.82 Å². The second-order valence-corrected chi connectivity index (χ2v) is 4.53. The number of rotatable bonds is 4. The van der Waals surface area contributed by atoms with E-state index in [1.807, 2.05) is 6.07 Å². The van der Waals surface area contributed by atoms with Crippen LogP contribution in [0.1, 0.15) is 18.1 Å². The van der Waals surface area contributed by atoms with Crippen LogP contribution in [0, 0.1) is 17.1 Å². The molecule has 0 fully saturated rings. The molecule has 21 heavy (non-hydrogen) atoms. The maximum atomic E-state index is 13.6. The fourth-order valence-corrected chi connectivity index (χ4v) is 1.85. The van der Waals surface area contributed by atoms with Gasteiger partial charge in [0, 0.05) is 30.4 Å². The van der Waals surface area contributed by atoms with Crippen molar-refractivity contribution in [1.82, 2.24) is 0 Å². The standard InChI is InChI=1S/C16H14FN3O/c1-11(21)20-15-5-3-14(4-6-15)19-10-13-8-12(9-18)2-7-16(13)17/h2-8,19H,10H2,1H3,(H,20,21). The second-order valence-electron chi connectivity index (χ2n) is 4.53.